The van der Waals surface area contributed by atoms with Crippen molar-refractivity contribution in [3.05, 3.63) is 83.3 Å². The first kappa shape index (κ1) is 21.5. The van der Waals surface area contributed by atoms with Gasteiger partial charge in [-0.05, 0) is 29.9 Å². The minimum Gasteiger partial charge on any atom is -0.376 e. The Kier molecular flexibility index (Phi) is 5.48. The summed E-state index contributed by atoms with van der Waals surface area (Å²) >= 11 is 6.28. The summed E-state index contributed by atoms with van der Waals surface area (Å²) in [5.41, 5.74) is 9.47. The van der Waals surface area contributed by atoms with Gasteiger partial charge in [0.2, 0.25) is 5.95 Å². The van der Waals surface area contributed by atoms with Gasteiger partial charge in [0.1, 0.15) is 5.52 Å². The first-order valence-electron chi connectivity index (χ1n) is 11.6. The van der Waals surface area contributed by atoms with Crippen molar-refractivity contribution < 1.29 is 9.47 Å². The molecule has 2 aliphatic carbocycles. The number of hydrogen-bond acceptors (Lipinski definition) is 6. The van der Waals surface area contributed by atoms with Crippen LogP contribution < -0.4 is 5.73 Å². The van der Waals surface area contributed by atoms with Crippen LogP contribution >= 0.6 is 11.6 Å². The number of nitrogen functional groups attached to an aromatic ring is 1. The summed E-state index contributed by atoms with van der Waals surface area (Å²) in [6.45, 7) is 1.84. The van der Waals surface area contributed by atoms with Gasteiger partial charge in [0, 0.05) is 11.5 Å². The highest BCUT2D eigenvalue weighted by Gasteiger charge is 2.68. The van der Waals surface area contributed by atoms with Crippen LogP contribution in [0.1, 0.15) is 30.0 Å². The van der Waals surface area contributed by atoms with Gasteiger partial charge in [-0.15, -0.1) is 0 Å². The summed E-state index contributed by atoms with van der Waals surface area (Å²) in [5.74, 6) is 0.568. The van der Waals surface area contributed by atoms with Crippen molar-refractivity contribution >= 4 is 28.7 Å². The second-order valence-corrected chi connectivity index (χ2v) is 9.67. The molecule has 2 aliphatic rings. The quantitative estimate of drug-likeness (QED) is 0.368. The Morgan fingerprint density at radius 3 is 2.44 bits per heavy atom. The maximum atomic E-state index is 6.54. The van der Waals surface area contributed by atoms with Crippen LogP contribution in [0.5, 0.6) is 0 Å². The molecule has 4 atom stereocenters. The summed E-state index contributed by atoms with van der Waals surface area (Å²) in [5, 5.41) is 0.282. The molecule has 2 aromatic carbocycles. The van der Waals surface area contributed by atoms with Crippen molar-refractivity contribution in [3.8, 4) is 0 Å². The number of nitrogens with zero attached hydrogens (tertiary/aromatic N) is 4. The van der Waals surface area contributed by atoms with Crippen molar-refractivity contribution in [2.45, 2.75) is 38.2 Å². The molecule has 0 saturated heterocycles. The average molecular weight is 476 g/mol. The number of halogens is 1. The van der Waals surface area contributed by atoms with Gasteiger partial charge in [0.25, 0.3) is 0 Å². The molecule has 4 aromatic rings. The van der Waals surface area contributed by atoms with Crippen molar-refractivity contribution in [1.82, 2.24) is 19.5 Å². The molecule has 2 N–H and O–H groups in total. The maximum Gasteiger partial charge on any atom is 0.223 e. The molecule has 2 saturated carbocycles. The van der Waals surface area contributed by atoms with Gasteiger partial charge in [-0.3, -0.25) is 0 Å². The van der Waals surface area contributed by atoms with Crippen molar-refractivity contribution in [3.63, 3.8) is 0 Å². The molecule has 0 spiro atoms. The minimum atomic E-state index is -0.0206. The first-order valence-corrected chi connectivity index (χ1v) is 11.9. The highest BCUT2D eigenvalue weighted by molar-refractivity contribution is 6.33. The summed E-state index contributed by atoms with van der Waals surface area (Å²) < 4.78 is 14.9. The van der Waals surface area contributed by atoms with Crippen molar-refractivity contribution in [2.24, 2.45) is 11.3 Å². The van der Waals surface area contributed by atoms with Crippen LogP contribution in [-0.4, -0.2) is 32.2 Å². The summed E-state index contributed by atoms with van der Waals surface area (Å²) in [6, 6.07) is 20.8. The largest absolute Gasteiger partial charge is 0.376 e. The molecule has 34 heavy (non-hydrogen) atoms. The molecule has 0 bridgehead atoms. The van der Waals surface area contributed by atoms with Crippen LogP contribution in [0.15, 0.2) is 67.0 Å². The van der Waals surface area contributed by atoms with Crippen LogP contribution in [-0.2, 0) is 22.7 Å². The molecule has 0 amide bonds. The fraction of sp³-hybridized carbons (Fsp3) is 0.346. The smallest absolute Gasteiger partial charge is 0.223 e. The molecule has 0 unspecified atom stereocenters. The summed E-state index contributed by atoms with van der Waals surface area (Å²) in [7, 11) is 0. The Morgan fingerprint density at radius 2 is 1.71 bits per heavy atom. The van der Waals surface area contributed by atoms with Gasteiger partial charge in [0.15, 0.2) is 10.8 Å². The van der Waals surface area contributed by atoms with Gasteiger partial charge in [-0.25, -0.2) is 4.98 Å². The lowest BCUT2D eigenvalue weighted by Crippen LogP contribution is -2.27. The molecular formula is C26H26ClN5O2. The maximum absolute atomic E-state index is 6.54. The van der Waals surface area contributed by atoms with E-state index in [9.17, 15) is 0 Å². The topological polar surface area (TPSA) is 88.1 Å². The Balaban J connectivity index is 1.25. The van der Waals surface area contributed by atoms with Crippen LogP contribution in [0, 0.1) is 11.3 Å². The number of anilines is 1. The van der Waals surface area contributed by atoms with Gasteiger partial charge in [0.05, 0.1) is 32.3 Å². The lowest BCUT2D eigenvalue weighted by atomic mass is 10.0. The fourth-order valence-corrected chi connectivity index (χ4v) is 5.72. The molecule has 0 radical (unpaired) electrons. The second kappa shape index (κ2) is 8.65. The predicted molar refractivity (Wildman–Crippen MR) is 130 cm³/mol. The van der Waals surface area contributed by atoms with Crippen LogP contribution in [0.2, 0.25) is 5.15 Å². The Morgan fingerprint density at radius 1 is 1.00 bits per heavy atom. The molecule has 6 rings (SSSR count). The number of fused-ring (bicyclic) bond motifs is 2. The molecule has 8 heteroatoms. The third kappa shape index (κ3) is 3.83. The van der Waals surface area contributed by atoms with Crippen LogP contribution in [0.3, 0.4) is 0 Å². The van der Waals surface area contributed by atoms with E-state index in [1.807, 2.05) is 42.7 Å². The Labute approximate surface area is 202 Å². The van der Waals surface area contributed by atoms with Gasteiger partial charge in [-0.1, -0.05) is 72.3 Å². The molecule has 0 aliphatic heterocycles. The van der Waals surface area contributed by atoms with Crippen molar-refractivity contribution in [2.75, 3.05) is 12.3 Å². The molecule has 174 valence electrons. The van der Waals surface area contributed by atoms with E-state index in [0.29, 0.717) is 36.9 Å². The lowest BCUT2D eigenvalue weighted by molar-refractivity contribution is -0.0400. The molecular weight excluding hydrogens is 450 g/mol. The highest BCUT2D eigenvalue weighted by Crippen LogP contribution is 2.68. The van der Waals surface area contributed by atoms with E-state index in [2.05, 4.69) is 43.8 Å². The Hall–Kier alpha value is -3.00. The lowest BCUT2D eigenvalue weighted by Gasteiger charge is -2.24. The van der Waals surface area contributed by atoms with E-state index < -0.39 is 0 Å². The normalized spacial score (nSPS) is 25.5. The van der Waals surface area contributed by atoms with Crippen LogP contribution in [0.25, 0.3) is 11.2 Å². The summed E-state index contributed by atoms with van der Waals surface area (Å²) in [6.07, 6.45) is 3.78. The zero-order valence-electron chi connectivity index (χ0n) is 18.7. The third-order valence-electron chi connectivity index (χ3n) is 7.27. The number of aromatic nitrogens is 4. The van der Waals surface area contributed by atoms with E-state index >= 15 is 0 Å². The standard InChI is InChI=1S/C26H26ClN5O2/c27-23-22-24(31-25(28)30-23)32(16-29-22)20-11-21(34-14-18-9-5-2-6-10-18)26(12-19(20)26)15-33-13-17-7-3-1-4-8-17/h1-10,16,19-21H,11-15H2,(H2,28,30,31)/t19-,20+,21+,26-/m1/s1. The van der Waals surface area contributed by atoms with E-state index in [1.165, 1.54) is 11.1 Å². The number of benzene rings is 2. The molecule has 2 aromatic heterocycles. The molecule has 2 heterocycles. The minimum absolute atomic E-state index is 0.0206. The van der Waals surface area contributed by atoms with E-state index in [-0.39, 0.29) is 28.7 Å². The van der Waals surface area contributed by atoms with E-state index in [1.54, 1.807) is 0 Å². The zero-order chi connectivity index (χ0) is 23.1. The Bertz CT molecular complexity index is 1300. The second-order valence-electron chi connectivity index (χ2n) is 9.31. The SMILES string of the molecule is Nc1nc(Cl)c2ncn([C@H]3C[C@H](OCc4ccccc4)[C@@]4(COCc5ccccc5)C[C@H]34)c2n1. The monoisotopic (exact) mass is 475 g/mol. The molecule has 7 nitrogen and oxygen atoms in total. The third-order valence-corrected chi connectivity index (χ3v) is 7.53. The first-order chi connectivity index (χ1) is 16.6. The van der Waals surface area contributed by atoms with Gasteiger partial charge in [-0.2, -0.15) is 9.97 Å². The predicted octanol–water partition coefficient (Wildman–Crippen LogP) is 4.82. The number of ether oxygens (including phenoxy) is 2. The van der Waals surface area contributed by atoms with E-state index in [4.69, 9.17) is 26.8 Å². The number of imidazole rings is 1. The van der Waals surface area contributed by atoms with Gasteiger partial charge < -0.3 is 19.8 Å². The average Bonchev–Trinajstić information content (AvgIpc) is 3.28. The summed E-state index contributed by atoms with van der Waals surface area (Å²) in [4.78, 5) is 13.0. The molecule has 2 fully saturated rings. The highest BCUT2D eigenvalue weighted by atomic mass is 35.5. The van der Waals surface area contributed by atoms with E-state index in [0.717, 1.165) is 12.8 Å². The fourth-order valence-electron chi connectivity index (χ4n) is 5.50. The zero-order valence-corrected chi connectivity index (χ0v) is 19.4. The van der Waals surface area contributed by atoms with Crippen molar-refractivity contribution in [1.29, 1.82) is 0 Å². The number of rotatable bonds is 8. The number of hydrogen-bond donors (Lipinski definition) is 1. The van der Waals surface area contributed by atoms with Gasteiger partial charge >= 0.3 is 0 Å². The van der Waals surface area contributed by atoms with Crippen LogP contribution in [0.4, 0.5) is 5.95 Å². The number of nitrogens with two attached hydrogens (primary N) is 1.